The summed E-state index contributed by atoms with van der Waals surface area (Å²) >= 11 is 12.0. The molecule has 0 atom stereocenters. The van der Waals surface area contributed by atoms with Crippen molar-refractivity contribution in [2.24, 2.45) is 0 Å². The number of para-hydroxylation sites is 1. The van der Waals surface area contributed by atoms with Crippen LogP contribution in [0.4, 0.5) is 0 Å². The lowest BCUT2D eigenvalue weighted by atomic mass is 10.1. The topological polar surface area (TPSA) is 74.1 Å². The molecule has 0 spiro atoms. The first-order valence-electron chi connectivity index (χ1n) is 9.67. The second-order valence-electron chi connectivity index (χ2n) is 6.97. The van der Waals surface area contributed by atoms with Gasteiger partial charge in [-0.15, -0.1) is 5.10 Å². The van der Waals surface area contributed by atoms with Crippen molar-refractivity contribution in [3.8, 4) is 17.1 Å². The van der Waals surface area contributed by atoms with Gasteiger partial charge in [0, 0.05) is 21.2 Å². The van der Waals surface area contributed by atoms with Gasteiger partial charge in [-0.1, -0.05) is 53.5 Å². The Labute approximate surface area is 194 Å². The molecule has 0 N–H and O–H groups in total. The molecule has 3 aromatic carbocycles. The Morgan fingerprint density at radius 1 is 0.938 bits per heavy atom. The molecule has 4 aromatic rings. The normalized spacial score (nSPS) is 10.7. The summed E-state index contributed by atoms with van der Waals surface area (Å²) in [7, 11) is 0. The number of halogens is 2. The lowest BCUT2D eigenvalue weighted by Gasteiger charge is -2.08. The van der Waals surface area contributed by atoms with Crippen LogP contribution in [0.5, 0.6) is 0 Å². The Morgan fingerprint density at radius 3 is 2.41 bits per heavy atom. The van der Waals surface area contributed by atoms with Gasteiger partial charge in [-0.3, -0.25) is 4.79 Å². The number of nitrogens with zero attached hydrogens (tertiary/aromatic N) is 3. The van der Waals surface area contributed by atoms with E-state index < -0.39 is 12.6 Å². The molecular formula is C24H17Cl2N3O3. The number of esters is 1. The molecule has 0 aliphatic heterocycles. The summed E-state index contributed by atoms with van der Waals surface area (Å²) in [6, 6.07) is 21.0. The fourth-order valence-corrected chi connectivity index (χ4v) is 3.41. The molecule has 0 aliphatic rings. The van der Waals surface area contributed by atoms with E-state index in [0.29, 0.717) is 27.0 Å². The van der Waals surface area contributed by atoms with Crippen molar-refractivity contribution in [2.75, 3.05) is 6.61 Å². The molecule has 160 valence electrons. The maximum Gasteiger partial charge on any atom is 0.378 e. The summed E-state index contributed by atoms with van der Waals surface area (Å²) in [5.74, 6) is -0.892. The van der Waals surface area contributed by atoms with E-state index in [1.807, 2.05) is 37.3 Å². The molecule has 0 amide bonds. The standard InChI is InChI=1S/C24H17Cl2N3O3/c1-15-5-2-3-8-20(15)29-23(17-6-4-7-19(26)13-17)27-22(28-29)24(31)32-14-21(30)16-9-11-18(25)12-10-16/h2-13H,14H2,1H3. The minimum Gasteiger partial charge on any atom is -0.451 e. The molecule has 8 heteroatoms. The summed E-state index contributed by atoms with van der Waals surface area (Å²) in [6.07, 6.45) is 0. The van der Waals surface area contributed by atoms with Crippen LogP contribution >= 0.6 is 23.2 Å². The number of aromatic nitrogens is 3. The Kier molecular flexibility index (Phi) is 6.35. The SMILES string of the molecule is Cc1ccccc1-n1nc(C(=O)OCC(=O)c2ccc(Cl)cc2)nc1-c1cccc(Cl)c1. The third kappa shape index (κ3) is 4.72. The average Bonchev–Trinajstić information content (AvgIpc) is 3.23. The van der Waals surface area contributed by atoms with Crippen LogP contribution in [0.25, 0.3) is 17.1 Å². The van der Waals surface area contributed by atoms with Crippen LogP contribution in [-0.4, -0.2) is 33.1 Å². The van der Waals surface area contributed by atoms with Gasteiger partial charge in [0.05, 0.1) is 5.69 Å². The molecule has 6 nitrogen and oxygen atoms in total. The van der Waals surface area contributed by atoms with E-state index in [2.05, 4.69) is 10.1 Å². The summed E-state index contributed by atoms with van der Waals surface area (Å²) in [4.78, 5) is 29.4. The summed E-state index contributed by atoms with van der Waals surface area (Å²) in [5, 5.41) is 5.41. The van der Waals surface area contributed by atoms with Crippen LogP contribution in [0.2, 0.25) is 10.0 Å². The van der Waals surface area contributed by atoms with Gasteiger partial charge in [0.1, 0.15) is 0 Å². The van der Waals surface area contributed by atoms with Crippen LogP contribution < -0.4 is 0 Å². The zero-order valence-corrected chi connectivity index (χ0v) is 18.5. The van der Waals surface area contributed by atoms with Gasteiger partial charge in [0.15, 0.2) is 18.2 Å². The van der Waals surface area contributed by atoms with E-state index in [1.165, 1.54) is 0 Å². The molecule has 0 aliphatic carbocycles. The summed E-state index contributed by atoms with van der Waals surface area (Å²) < 4.78 is 6.75. The van der Waals surface area contributed by atoms with Crippen LogP contribution in [-0.2, 0) is 4.74 Å². The maximum absolute atomic E-state index is 12.7. The summed E-state index contributed by atoms with van der Waals surface area (Å²) in [6.45, 7) is 1.49. The van der Waals surface area contributed by atoms with Crippen molar-refractivity contribution in [2.45, 2.75) is 6.92 Å². The number of ether oxygens (including phenoxy) is 1. The second-order valence-corrected chi connectivity index (χ2v) is 7.85. The van der Waals surface area contributed by atoms with Gasteiger partial charge in [0.2, 0.25) is 0 Å². The zero-order valence-electron chi connectivity index (χ0n) is 17.0. The number of hydrogen-bond donors (Lipinski definition) is 0. The number of ketones is 1. The largest absolute Gasteiger partial charge is 0.451 e. The molecule has 0 fully saturated rings. The predicted molar refractivity (Wildman–Crippen MR) is 123 cm³/mol. The van der Waals surface area contributed by atoms with E-state index in [0.717, 1.165) is 11.3 Å². The molecule has 0 saturated carbocycles. The lowest BCUT2D eigenvalue weighted by molar-refractivity contribution is 0.0462. The number of carbonyl (C=O) groups excluding carboxylic acids is 2. The Bertz CT molecular complexity index is 1300. The second kappa shape index (κ2) is 9.34. The molecule has 0 unspecified atom stereocenters. The van der Waals surface area contributed by atoms with Crippen molar-refractivity contribution >= 4 is 35.0 Å². The van der Waals surface area contributed by atoms with E-state index in [1.54, 1.807) is 47.1 Å². The van der Waals surface area contributed by atoms with E-state index in [4.69, 9.17) is 27.9 Å². The van der Waals surface area contributed by atoms with Gasteiger partial charge in [-0.25, -0.2) is 14.5 Å². The highest BCUT2D eigenvalue weighted by molar-refractivity contribution is 6.31. The van der Waals surface area contributed by atoms with Crippen LogP contribution in [0, 0.1) is 6.92 Å². The monoisotopic (exact) mass is 465 g/mol. The van der Waals surface area contributed by atoms with Crippen molar-refractivity contribution in [3.05, 3.63) is 99.8 Å². The van der Waals surface area contributed by atoms with E-state index in [-0.39, 0.29) is 11.6 Å². The fourth-order valence-electron chi connectivity index (χ4n) is 3.10. The number of carbonyl (C=O) groups is 2. The van der Waals surface area contributed by atoms with Gasteiger partial charge in [0.25, 0.3) is 5.82 Å². The van der Waals surface area contributed by atoms with Gasteiger partial charge in [-0.2, -0.15) is 0 Å². The first kappa shape index (κ1) is 21.7. The number of aryl methyl sites for hydroxylation is 1. The molecular weight excluding hydrogens is 449 g/mol. The average molecular weight is 466 g/mol. The van der Waals surface area contributed by atoms with E-state index in [9.17, 15) is 9.59 Å². The highest BCUT2D eigenvalue weighted by Gasteiger charge is 2.22. The maximum atomic E-state index is 12.7. The Morgan fingerprint density at radius 2 is 1.69 bits per heavy atom. The molecule has 0 saturated heterocycles. The lowest BCUT2D eigenvalue weighted by Crippen LogP contribution is -2.15. The Hall–Kier alpha value is -3.48. The number of Topliss-reactive ketones (excluding diaryl/α,β-unsaturated/α-hetero) is 1. The van der Waals surface area contributed by atoms with Gasteiger partial charge < -0.3 is 4.74 Å². The smallest absolute Gasteiger partial charge is 0.378 e. The fraction of sp³-hybridized carbons (Fsp3) is 0.0833. The molecule has 1 heterocycles. The van der Waals surface area contributed by atoms with Gasteiger partial charge in [-0.05, 0) is 55.0 Å². The third-order valence-electron chi connectivity index (χ3n) is 4.72. The highest BCUT2D eigenvalue weighted by Crippen LogP contribution is 2.25. The molecule has 0 bridgehead atoms. The van der Waals surface area contributed by atoms with Crippen molar-refractivity contribution in [1.82, 2.24) is 14.8 Å². The highest BCUT2D eigenvalue weighted by atomic mass is 35.5. The molecule has 4 rings (SSSR count). The molecule has 0 radical (unpaired) electrons. The van der Waals surface area contributed by atoms with Crippen LogP contribution in [0.1, 0.15) is 26.5 Å². The minimum atomic E-state index is -0.803. The summed E-state index contributed by atoms with van der Waals surface area (Å²) in [5.41, 5.74) is 2.77. The van der Waals surface area contributed by atoms with E-state index >= 15 is 0 Å². The van der Waals surface area contributed by atoms with Crippen LogP contribution in [0.15, 0.2) is 72.8 Å². The first-order chi connectivity index (χ1) is 15.4. The van der Waals surface area contributed by atoms with Crippen molar-refractivity contribution in [3.63, 3.8) is 0 Å². The number of rotatable bonds is 6. The third-order valence-corrected chi connectivity index (χ3v) is 5.20. The van der Waals surface area contributed by atoms with Crippen molar-refractivity contribution < 1.29 is 14.3 Å². The predicted octanol–water partition coefficient (Wildman–Crippen LogP) is 5.59. The molecule has 32 heavy (non-hydrogen) atoms. The quantitative estimate of drug-likeness (QED) is 0.274. The number of hydrogen-bond acceptors (Lipinski definition) is 5. The zero-order chi connectivity index (χ0) is 22.7. The van der Waals surface area contributed by atoms with Gasteiger partial charge >= 0.3 is 5.97 Å². The Balaban J connectivity index is 1.63. The molecule has 1 aromatic heterocycles. The number of benzene rings is 3. The minimum absolute atomic E-state index is 0.160. The first-order valence-corrected chi connectivity index (χ1v) is 10.4. The van der Waals surface area contributed by atoms with Crippen molar-refractivity contribution in [1.29, 1.82) is 0 Å². The van der Waals surface area contributed by atoms with Crippen LogP contribution in [0.3, 0.4) is 0 Å².